The van der Waals surface area contributed by atoms with E-state index in [1.54, 1.807) is 12.1 Å². The molecule has 1 aromatic rings. The van der Waals surface area contributed by atoms with Gasteiger partial charge < -0.3 is 4.90 Å². The second-order valence-electron chi connectivity index (χ2n) is 3.79. The molecule has 1 saturated heterocycles. The lowest BCUT2D eigenvalue weighted by Crippen LogP contribution is -2.45. The van der Waals surface area contributed by atoms with Gasteiger partial charge in [-0.25, -0.2) is 4.39 Å². The standard InChI is InChI=1S/C11H11FN2/c1-8-6-14(7-8)11-3-2-9(5-13)4-10(11)12/h2-4,8H,6-7H2,1H3. The van der Waals surface area contributed by atoms with E-state index in [0.717, 1.165) is 13.1 Å². The average molecular weight is 190 g/mol. The summed E-state index contributed by atoms with van der Waals surface area (Å²) in [5, 5.41) is 8.57. The summed E-state index contributed by atoms with van der Waals surface area (Å²) in [4.78, 5) is 1.99. The highest BCUT2D eigenvalue weighted by atomic mass is 19.1. The molecular formula is C11H11FN2. The van der Waals surface area contributed by atoms with E-state index in [1.165, 1.54) is 6.07 Å². The molecule has 2 nitrogen and oxygen atoms in total. The number of benzene rings is 1. The minimum atomic E-state index is -0.295. The zero-order valence-electron chi connectivity index (χ0n) is 8.00. The van der Waals surface area contributed by atoms with Crippen molar-refractivity contribution in [2.24, 2.45) is 5.92 Å². The topological polar surface area (TPSA) is 27.0 Å². The molecule has 72 valence electrons. The molecule has 0 saturated carbocycles. The molecule has 0 radical (unpaired) electrons. The molecule has 1 aromatic carbocycles. The summed E-state index contributed by atoms with van der Waals surface area (Å²) in [5.41, 5.74) is 0.988. The highest BCUT2D eigenvalue weighted by molar-refractivity contribution is 5.52. The molecule has 0 atom stereocenters. The van der Waals surface area contributed by atoms with Crippen LogP contribution in [0.5, 0.6) is 0 Å². The van der Waals surface area contributed by atoms with Gasteiger partial charge in [-0.15, -0.1) is 0 Å². The fourth-order valence-corrected chi connectivity index (χ4v) is 1.73. The number of nitriles is 1. The van der Waals surface area contributed by atoms with Gasteiger partial charge in [0.1, 0.15) is 5.82 Å². The zero-order valence-corrected chi connectivity index (χ0v) is 8.00. The predicted octanol–water partition coefficient (Wildman–Crippen LogP) is 2.15. The molecule has 0 bridgehead atoms. The van der Waals surface area contributed by atoms with Crippen LogP contribution in [0.2, 0.25) is 0 Å². The van der Waals surface area contributed by atoms with Crippen LogP contribution in [0.25, 0.3) is 0 Å². The lowest BCUT2D eigenvalue weighted by Gasteiger charge is -2.39. The predicted molar refractivity (Wildman–Crippen MR) is 52.5 cm³/mol. The van der Waals surface area contributed by atoms with E-state index in [9.17, 15) is 4.39 Å². The van der Waals surface area contributed by atoms with Crippen LogP contribution in [0, 0.1) is 23.1 Å². The molecule has 0 aromatic heterocycles. The van der Waals surface area contributed by atoms with Crippen LogP contribution in [-0.4, -0.2) is 13.1 Å². The number of halogens is 1. The van der Waals surface area contributed by atoms with E-state index >= 15 is 0 Å². The first kappa shape index (κ1) is 9.01. The van der Waals surface area contributed by atoms with Crippen LogP contribution in [0.1, 0.15) is 12.5 Å². The summed E-state index contributed by atoms with van der Waals surface area (Å²) >= 11 is 0. The number of hydrogen-bond donors (Lipinski definition) is 0. The Balaban J connectivity index is 2.24. The van der Waals surface area contributed by atoms with Crippen LogP contribution in [0.15, 0.2) is 18.2 Å². The first-order chi connectivity index (χ1) is 6.70. The quantitative estimate of drug-likeness (QED) is 0.678. The summed E-state index contributed by atoms with van der Waals surface area (Å²) in [6, 6.07) is 6.54. The van der Waals surface area contributed by atoms with Gasteiger partial charge >= 0.3 is 0 Å². The molecule has 1 aliphatic heterocycles. The molecule has 1 aliphatic rings. The van der Waals surface area contributed by atoms with E-state index in [-0.39, 0.29) is 5.82 Å². The van der Waals surface area contributed by atoms with Gasteiger partial charge in [0.2, 0.25) is 0 Å². The maximum atomic E-state index is 13.4. The van der Waals surface area contributed by atoms with Crippen molar-refractivity contribution in [3.63, 3.8) is 0 Å². The van der Waals surface area contributed by atoms with Gasteiger partial charge in [-0.3, -0.25) is 0 Å². The van der Waals surface area contributed by atoms with Gasteiger partial charge in [0.15, 0.2) is 0 Å². The first-order valence-electron chi connectivity index (χ1n) is 4.65. The Hall–Kier alpha value is -1.56. The monoisotopic (exact) mass is 190 g/mol. The maximum absolute atomic E-state index is 13.4. The van der Waals surface area contributed by atoms with E-state index in [4.69, 9.17) is 5.26 Å². The number of hydrogen-bond acceptors (Lipinski definition) is 2. The Bertz CT molecular complexity index is 389. The summed E-state index contributed by atoms with van der Waals surface area (Å²) in [6.07, 6.45) is 0. The summed E-state index contributed by atoms with van der Waals surface area (Å²) in [5.74, 6) is 0.348. The molecule has 2 rings (SSSR count). The van der Waals surface area contributed by atoms with Crippen molar-refractivity contribution < 1.29 is 4.39 Å². The third-order valence-corrected chi connectivity index (χ3v) is 2.48. The highest BCUT2D eigenvalue weighted by Crippen LogP contribution is 2.27. The second kappa shape index (κ2) is 3.30. The van der Waals surface area contributed by atoms with Crippen molar-refractivity contribution >= 4 is 5.69 Å². The Morgan fingerprint density at radius 2 is 2.21 bits per heavy atom. The molecule has 0 spiro atoms. The minimum absolute atomic E-state index is 0.295. The van der Waals surface area contributed by atoms with Gasteiger partial charge in [-0.2, -0.15) is 5.26 Å². The molecule has 0 aliphatic carbocycles. The zero-order chi connectivity index (χ0) is 10.1. The largest absolute Gasteiger partial charge is 0.369 e. The van der Waals surface area contributed by atoms with E-state index in [0.29, 0.717) is 17.2 Å². The molecule has 0 amide bonds. The summed E-state index contributed by atoms with van der Waals surface area (Å²) in [7, 11) is 0. The van der Waals surface area contributed by atoms with Crippen LogP contribution in [0.3, 0.4) is 0 Å². The van der Waals surface area contributed by atoms with Crippen molar-refractivity contribution in [2.45, 2.75) is 6.92 Å². The van der Waals surface area contributed by atoms with E-state index < -0.39 is 0 Å². The van der Waals surface area contributed by atoms with E-state index in [1.807, 2.05) is 11.0 Å². The summed E-state index contributed by atoms with van der Waals surface area (Å²) < 4.78 is 13.4. The lowest BCUT2D eigenvalue weighted by molar-refractivity contribution is 0.439. The highest BCUT2D eigenvalue weighted by Gasteiger charge is 2.24. The van der Waals surface area contributed by atoms with Crippen LogP contribution in [0.4, 0.5) is 10.1 Å². The molecule has 0 unspecified atom stereocenters. The van der Waals surface area contributed by atoms with E-state index in [2.05, 4.69) is 6.92 Å². The van der Waals surface area contributed by atoms with Gasteiger partial charge in [0, 0.05) is 13.1 Å². The van der Waals surface area contributed by atoms with Gasteiger partial charge in [0.25, 0.3) is 0 Å². The van der Waals surface area contributed by atoms with Crippen LogP contribution >= 0.6 is 0 Å². The third kappa shape index (κ3) is 1.44. The molecule has 14 heavy (non-hydrogen) atoms. The van der Waals surface area contributed by atoms with Gasteiger partial charge in [-0.1, -0.05) is 6.92 Å². The van der Waals surface area contributed by atoms with Crippen molar-refractivity contribution in [3.05, 3.63) is 29.6 Å². The van der Waals surface area contributed by atoms with Gasteiger partial charge in [-0.05, 0) is 24.1 Å². The van der Waals surface area contributed by atoms with Crippen molar-refractivity contribution in [1.29, 1.82) is 5.26 Å². The van der Waals surface area contributed by atoms with Crippen LogP contribution in [-0.2, 0) is 0 Å². The molecule has 1 fully saturated rings. The first-order valence-corrected chi connectivity index (χ1v) is 4.65. The van der Waals surface area contributed by atoms with Crippen LogP contribution < -0.4 is 4.90 Å². The Morgan fingerprint density at radius 1 is 1.50 bits per heavy atom. The number of anilines is 1. The minimum Gasteiger partial charge on any atom is -0.369 e. The molecule has 1 heterocycles. The second-order valence-corrected chi connectivity index (χ2v) is 3.79. The Morgan fingerprint density at radius 3 is 2.71 bits per heavy atom. The van der Waals surface area contributed by atoms with Crippen molar-refractivity contribution in [3.8, 4) is 6.07 Å². The number of nitrogens with zero attached hydrogens (tertiary/aromatic N) is 2. The fraction of sp³-hybridized carbons (Fsp3) is 0.364. The third-order valence-electron chi connectivity index (χ3n) is 2.48. The number of rotatable bonds is 1. The SMILES string of the molecule is CC1CN(c2ccc(C#N)cc2F)C1. The smallest absolute Gasteiger partial charge is 0.147 e. The lowest BCUT2D eigenvalue weighted by atomic mass is 10.0. The fourth-order valence-electron chi connectivity index (χ4n) is 1.73. The van der Waals surface area contributed by atoms with Crippen molar-refractivity contribution in [2.75, 3.05) is 18.0 Å². The Kier molecular flexibility index (Phi) is 2.12. The molecule has 0 N–H and O–H groups in total. The van der Waals surface area contributed by atoms with Crippen molar-refractivity contribution in [1.82, 2.24) is 0 Å². The molecule has 3 heteroatoms. The average Bonchev–Trinajstić information content (AvgIpc) is 2.13. The maximum Gasteiger partial charge on any atom is 0.147 e. The Labute approximate surface area is 82.6 Å². The van der Waals surface area contributed by atoms with Gasteiger partial charge in [0.05, 0.1) is 17.3 Å². The molecular weight excluding hydrogens is 179 g/mol. The normalized spacial score (nSPS) is 16.2. The summed E-state index contributed by atoms with van der Waals surface area (Å²) in [6.45, 7) is 3.95.